The number of nitrogens with one attached hydrogen (secondary N) is 1. The molecular weight excluding hydrogens is 258 g/mol. The van der Waals surface area contributed by atoms with Crippen molar-refractivity contribution >= 4 is 17.3 Å². The molecule has 110 valence electrons. The minimum atomic E-state index is -0.533. The molecule has 7 nitrogen and oxygen atoms in total. The molecule has 2 rings (SSSR count). The number of rotatable bonds is 3. The van der Waals surface area contributed by atoms with E-state index in [0.29, 0.717) is 5.92 Å². The van der Waals surface area contributed by atoms with Gasteiger partial charge in [-0.3, -0.25) is 10.1 Å². The van der Waals surface area contributed by atoms with Crippen molar-refractivity contribution in [2.24, 2.45) is 11.3 Å². The zero-order chi connectivity index (χ0) is 14.9. The third-order valence-corrected chi connectivity index (χ3v) is 3.76. The maximum absolute atomic E-state index is 11.1. The van der Waals surface area contributed by atoms with Crippen LogP contribution < -0.4 is 11.1 Å². The average molecular weight is 279 g/mol. The summed E-state index contributed by atoms with van der Waals surface area (Å²) in [7, 11) is 0. The molecule has 1 heterocycles. The van der Waals surface area contributed by atoms with Gasteiger partial charge in [-0.05, 0) is 30.6 Å². The van der Waals surface area contributed by atoms with Gasteiger partial charge in [0.05, 0.1) is 4.92 Å². The van der Waals surface area contributed by atoms with Gasteiger partial charge in [0.1, 0.15) is 6.33 Å². The van der Waals surface area contributed by atoms with Gasteiger partial charge in [0, 0.05) is 6.04 Å². The molecule has 3 N–H and O–H groups in total. The van der Waals surface area contributed by atoms with Gasteiger partial charge in [0.25, 0.3) is 0 Å². The molecule has 0 aliphatic heterocycles. The highest BCUT2D eigenvalue weighted by atomic mass is 16.6. The van der Waals surface area contributed by atoms with Crippen molar-refractivity contribution in [2.75, 3.05) is 11.1 Å². The van der Waals surface area contributed by atoms with Crippen molar-refractivity contribution in [3.63, 3.8) is 0 Å². The number of nitrogens with two attached hydrogens (primary N) is 1. The average Bonchev–Trinajstić information content (AvgIpc) is 2.25. The molecule has 0 saturated heterocycles. The Labute approximate surface area is 118 Å². The van der Waals surface area contributed by atoms with Crippen LogP contribution in [0.25, 0.3) is 0 Å². The number of nitrogens with zero attached hydrogens (tertiary/aromatic N) is 3. The van der Waals surface area contributed by atoms with E-state index in [2.05, 4.69) is 36.1 Å². The fourth-order valence-electron chi connectivity index (χ4n) is 3.33. The number of hydrogen-bond acceptors (Lipinski definition) is 6. The standard InChI is InChI=1S/C13H21N5O2/c1-8-4-9(6-13(2,3)5-8)17-12-10(18(19)20)11(14)15-7-16-12/h7-9H,4-6H2,1-3H3,(H3,14,15,16,17). The van der Waals surface area contributed by atoms with Gasteiger partial charge in [-0.1, -0.05) is 20.8 Å². The molecular formula is C13H21N5O2. The van der Waals surface area contributed by atoms with E-state index in [1.54, 1.807) is 0 Å². The Hall–Kier alpha value is -1.92. The number of hydrogen-bond donors (Lipinski definition) is 2. The first-order valence-electron chi connectivity index (χ1n) is 6.80. The normalized spacial score (nSPS) is 25.1. The summed E-state index contributed by atoms with van der Waals surface area (Å²) in [5.74, 6) is 0.697. The van der Waals surface area contributed by atoms with Crippen LogP contribution in [0.5, 0.6) is 0 Å². The largest absolute Gasteiger partial charge is 0.378 e. The van der Waals surface area contributed by atoms with Crippen LogP contribution in [0.4, 0.5) is 17.3 Å². The Kier molecular flexibility index (Phi) is 3.78. The van der Waals surface area contributed by atoms with Crippen molar-refractivity contribution in [1.82, 2.24) is 9.97 Å². The molecule has 0 bridgehead atoms. The molecule has 7 heteroatoms. The molecule has 2 unspecified atom stereocenters. The van der Waals surface area contributed by atoms with Crippen LogP contribution in [0.15, 0.2) is 6.33 Å². The molecule has 20 heavy (non-hydrogen) atoms. The third kappa shape index (κ3) is 3.15. The van der Waals surface area contributed by atoms with Crippen LogP contribution in [0.2, 0.25) is 0 Å². The lowest BCUT2D eigenvalue weighted by molar-refractivity contribution is -0.383. The van der Waals surface area contributed by atoms with Gasteiger partial charge in [0.15, 0.2) is 0 Å². The van der Waals surface area contributed by atoms with Crippen LogP contribution >= 0.6 is 0 Å². The minimum absolute atomic E-state index is 0.101. The predicted molar refractivity (Wildman–Crippen MR) is 77.3 cm³/mol. The van der Waals surface area contributed by atoms with E-state index in [0.717, 1.165) is 12.8 Å². The van der Waals surface area contributed by atoms with Crippen molar-refractivity contribution in [3.8, 4) is 0 Å². The summed E-state index contributed by atoms with van der Waals surface area (Å²) in [5, 5.41) is 14.3. The van der Waals surface area contributed by atoms with Crippen LogP contribution in [0.1, 0.15) is 40.0 Å². The van der Waals surface area contributed by atoms with Gasteiger partial charge in [0.2, 0.25) is 11.6 Å². The zero-order valence-corrected chi connectivity index (χ0v) is 12.1. The highest BCUT2D eigenvalue weighted by molar-refractivity contribution is 5.67. The summed E-state index contributed by atoms with van der Waals surface area (Å²) in [4.78, 5) is 18.2. The predicted octanol–water partition coefficient (Wildman–Crippen LogP) is 2.59. The Morgan fingerprint density at radius 1 is 1.45 bits per heavy atom. The lowest BCUT2D eigenvalue weighted by Gasteiger charge is -2.39. The topological polar surface area (TPSA) is 107 Å². The number of aromatic nitrogens is 2. The molecule has 1 aliphatic carbocycles. The second-order valence-corrected chi connectivity index (χ2v) is 6.47. The highest BCUT2D eigenvalue weighted by Crippen LogP contribution is 2.40. The summed E-state index contributed by atoms with van der Waals surface area (Å²) in [5.41, 5.74) is 5.57. The monoisotopic (exact) mass is 279 g/mol. The molecule has 0 radical (unpaired) electrons. The van der Waals surface area contributed by atoms with Gasteiger partial charge >= 0.3 is 5.69 Å². The van der Waals surface area contributed by atoms with Crippen LogP contribution in [-0.4, -0.2) is 20.9 Å². The van der Waals surface area contributed by atoms with E-state index in [-0.39, 0.29) is 28.8 Å². The molecule has 0 spiro atoms. The first kappa shape index (κ1) is 14.5. The molecule has 1 fully saturated rings. The van der Waals surface area contributed by atoms with E-state index in [9.17, 15) is 10.1 Å². The third-order valence-electron chi connectivity index (χ3n) is 3.76. The number of nitrogen functional groups attached to an aromatic ring is 1. The van der Waals surface area contributed by atoms with Crippen molar-refractivity contribution in [3.05, 3.63) is 16.4 Å². The smallest absolute Gasteiger partial charge is 0.352 e. The van der Waals surface area contributed by atoms with Crippen molar-refractivity contribution in [1.29, 1.82) is 0 Å². The van der Waals surface area contributed by atoms with Gasteiger partial charge in [-0.2, -0.15) is 0 Å². The van der Waals surface area contributed by atoms with E-state index in [1.165, 1.54) is 12.7 Å². The van der Waals surface area contributed by atoms with E-state index >= 15 is 0 Å². The SMILES string of the molecule is CC1CC(Nc2ncnc(N)c2[N+](=O)[O-])CC(C)(C)C1. The molecule has 0 aromatic carbocycles. The molecule has 1 aromatic rings. The first-order chi connectivity index (χ1) is 9.28. The second-order valence-electron chi connectivity index (χ2n) is 6.47. The maximum Gasteiger partial charge on any atom is 0.352 e. The summed E-state index contributed by atoms with van der Waals surface area (Å²) < 4.78 is 0. The van der Waals surface area contributed by atoms with Crippen LogP contribution in [-0.2, 0) is 0 Å². The molecule has 1 aliphatic rings. The summed E-state index contributed by atoms with van der Waals surface area (Å²) in [6.07, 6.45) is 4.35. The molecule has 0 amide bonds. The maximum atomic E-state index is 11.1. The van der Waals surface area contributed by atoms with E-state index in [4.69, 9.17) is 5.73 Å². The first-order valence-corrected chi connectivity index (χ1v) is 6.80. The van der Waals surface area contributed by atoms with Gasteiger partial charge < -0.3 is 11.1 Å². The van der Waals surface area contributed by atoms with Gasteiger partial charge in [-0.25, -0.2) is 9.97 Å². The van der Waals surface area contributed by atoms with Crippen LogP contribution in [0.3, 0.4) is 0 Å². The number of anilines is 2. The summed E-state index contributed by atoms with van der Waals surface area (Å²) in [6, 6.07) is 0.168. The van der Waals surface area contributed by atoms with Gasteiger partial charge in [-0.15, -0.1) is 0 Å². The fourth-order valence-corrected chi connectivity index (χ4v) is 3.33. The molecule has 2 atom stereocenters. The Bertz CT molecular complexity index is 517. The van der Waals surface area contributed by atoms with E-state index < -0.39 is 4.92 Å². The quantitative estimate of drug-likeness (QED) is 0.650. The number of nitro groups is 1. The van der Waals surface area contributed by atoms with Crippen molar-refractivity contribution in [2.45, 2.75) is 46.1 Å². The molecule has 1 aromatic heterocycles. The van der Waals surface area contributed by atoms with Crippen LogP contribution in [0, 0.1) is 21.4 Å². The summed E-state index contributed by atoms with van der Waals surface area (Å²) >= 11 is 0. The van der Waals surface area contributed by atoms with Crippen molar-refractivity contribution < 1.29 is 4.92 Å². The Morgan fingerprint density at radius 3 is 2.75 bits per heavy atom. The minimum Gasteiger partial charge on any atom is -0.378 e. The lowest BCUT2D eigenvalue weighted by Crippen LogP contribution is -2.36. The fraction of sp³-hybridized carbons (Fsp3) is 0.692. The molecule has 1 saturated carbocycles. The second kappa shape index (κ2) is 5.22. The van der Waals surface area contributed by atoms with E-state index in [1.807, 2.05) is 0 Å². The Balaban J connectivity index is 2.22. The Morgan fingerprint density at radius 2 is 2.15 bits per heavy atom. The summed E-state index contributed by atoms with van der Waals surface area (Å²) in [6.45, 7) is 6.65. The highest BCUT2D eigenvalue weighted by Gasteiger charge is 2.33. The lowest BCUT2D eigenvalue weighted by atomic mass is 9.70. The zero-order valence-electron chi connectivity index (χ0n) is 12.1.